The fourth-order valence-corrected chi connectivity index (χ4v) is 4.99. The number of carbonyl (C=O) groups is 1. The Morgan fingerprint density at radius 2 is 2.03 bits per heavy atom. The van der Waals surface area contributed by atoms with Crippen molar-refractivity contribution in [2.75, 3.05) is 43.5 Å². The molecule has 1 aliphatic rings. The first-order valence-electron chi connectivity index (χ1n) is 10.9. The van der Waals surface area contributed by atoms with E-state index in [-0.39, 0.29) is 16.6 Å². The lowest BCUT2D eigenvalue weighted by Gasteiger charge is -2.30. The van der Waals surface area contributed by atoms with Gasteiger partial charge in [-0.2, -0.15) is 0 Å². The van der Waals surface area contributed by atoms with Crippen LogP contribution in [0.4, 0.5) is 11.4 Å². The molecule has 11 heteroatoms. The molecule has 0 spiro atoms. The van der Waals surface area contributed by atoms with Crippen molar-refractivity contribution in [3.05, 3.63) is 57.0 Å². The number of methoxy groups -OCH3 is 1. The molecular weight excluding hydrogens is 454 g/mol. The summed E-state index contributed by atoms with van der Waals surface area (Å²) in [5, 5.41) is 8.24. The smallest absolute Gasteiger partial charge is 0.334 e. The second-order valence-corrected chi connectivity index (χ2v) is 8.91. The standard InChI is InChI=1S/C23H25N7O3S/c1-14-4-5-17-19(20(14)33-3)28(2)23(32)30(17)18-13-34-22(27-18)21(31)26-15-12-25-7-6-16(15)29-10-8-24-9-11-29/h4-7,12-13,24H,8-11H2,1-3H3,(H,26,31). The van der Waals surface area contributed by atoms with Gasteiger partial charge in [0.25, 0.3) is 5.91 Å². The zero-order valence-corrected chi connectivity index (χ0v) is 20.0. The summed E-state index contributed by atoms with van der Waals surface area (Å²) >= 11 is 1.19. The Kier molecular flexibility index (Phi) is 5.80. The highest BCUT2D eigenvalue weighted by Crippen LogP contribution is 2.30. The van der Waals surface area contributed by atoms with Crippen molar-refractivity contribution >= 4 is 39.7 Å². The van der Waals surface area contributed by atoms with E-state index in [1.165, 1.54) is 20.5 Å². The van der Waals surface area contributed by atoms with Crippen LogP contribution in [0, 0.1) is 6.92 Å². The number of aromatic nitrogens is 4. The molecule has 1 amide bonds. The van der Waals surface area contributed by atoms with E-state index in [2.05, 4.69) is 25.5 Å². The molecule has 2 N–H and O–H groups in total. The summed E-state index contributed by atoms with van der Waals surface area (Å²) in [5.74, 6) is 0.689. The largest absolute Gasteiger partial charge is 0.494 e. The van der Waals surface area contributed by atoms with Crippen molar-refractivity contribution in [1.82, 2.24) is 24.4 Å². The van der Waals surface area contributed by atoms with Gasteiger partial charge in [0.05, 0.1) is 30.2 Å². The molecule has 0 atom stereocenters. The van der Waals surface area contributed by atoms with E-state index in [1.807, 2.05) is 25.1 Å². The van der Waals surface area contributed by atoms with Crippen molar-refractivity contribution in [1.29, 1.82) is 0 Å². The van der Waals surface area contributed by atoms with Gasteiger partial charge in [0, 0.05) is 44.8 Å². The van der Waals surface area contributed by atoms with Crippen LogP contribution in [0.1, 0.15) is 15.4 Å². The topological polar surface area (TPSA) is 106 Å². The monoisotopic (exact) mass is 479 g/mol. The second-order valence-electron chi connectivity index (χ2n) is 8.06. The average Bonchev–Trinajstić information content (AvgIpc) is 3.43. The van der Waals surface area contributed by atoms with Crippen LogP contribution >= 0.6 is 11.3 Å². The van der Waals surface area contributed by atoms with Gasteiger partial charge in [-0.15, -0.1) is 11.3 Å². The molecule has 4 aromatic rings. The Balaban J connectivity index is 1.47. The number of pyridine rings is 1. The normalized spacial score (nSPS) is 13.9. The number of aryl methyl sites for hydroxylation is 2. The third kappa shape index (κ3) is 3.72. The van der Waals surface area contributed by atoms with Crippen molar-refractivity contribution in [3.63, 3.8) is 0 Å². The number of ether oxygens (including phenoxy) is 1. The number of amides is 1. The molecule has 3 aromatic heterocycles. The zero-order valence-electron chi connectivity index (χ0n) is 19.2. The number of imidazole rings is 1. The van der Waals surface area contributed by atoms with Crippen molar-refractivity contribution < 1.29 is 9.53 Å². The van der Waals surface area contributed by atoms with E-state index in [0.717, 1.165) is 37.4 Å². The highest BCUT2D eigenvalue weighted by Gasteiger charge is 2.22. The number of piperazine rings is 1. The quantitative estimate of drug-likeness (QED) is 0.452. The summed E-state index contributed by atoms with van der Waals surface area (Å²) in [7, 11) is 3.28. The lowest BCUT2D eigenvalue weighted by molar-refractivity contribution is 0.102. The number of anilines is 2. The number of nitrogens with one attached hydrogen (secondary N) is 2. The fourth-order valence-electron chi connectivity index (χ4n) is 4.31. The Morgan fingerprint density at radius 1 is 1.24 bits per heavy atom. The minimum Gasteiger partial charge on any atom is -0.494 e. The van der Waals surface area contributed by atoms with Crippen molar-refractivity contribution in [3.8, 4) is 11.6 Å². The highest BCUT2D eigenvalue weighted by molar-refractivity contribution is 7.12. The van der Waals surface area contributed by atoms with Gasteiger partial charge in [-0.3, -0.25) is 14.3 Å². The Morgan fingerprint density at radius 3 is 2.79 bits per heavy atom. The summed E-state index contributed by atoms with van der Waals surface area (Å²) in [6.45, 7) is 5.40. The van der Waals surface area contributed by atoms with Crippen LogP contribution in [0.3, 0.4) is 0 Å². The molecule has 0 aliphatic carbocycles. The molecule has 34 heavy (non-hydrogen) atoms. The predicted molar refractivity (Wildman–Crippen MR) is 133 cm³/mol. The van der Waals surface area contributed by atoms with Gasteiger partial charge in [-0.1, -0.05) is 6.07 Å². The fraction of sp³-hybridized carbons (Fsp3) is 0.304. The van der Waals surface area contributed by atoms with Crippen LogP contribution in [0.2, 0.25) is 0 Å². The predicted octanol–water partition coefficient (Wildman–Crippen LogP) is 2.16. The maximum atomic E-state index is 13.1. The van der Waals surface area contributed by atoms with E-state index >= 15 is 0 Å². The molecule has 1 aliphatic heterocycles. The zero-order chi connectivity index (χ0) is 23.8. The number of hydrogen-bond donors (Lipinski definition) is 2. The minimum absolute atomic E-state index is 0.257. The first-order chi connectivity index (χ1) is 16.5. The van der Waals surface area contributed by atoms with Crippen molar-refractivity contribution in [2.24, 2.45) is 7.05 Å². The maximum absolute atomic E-state index is 13.1. The van der Waals surface area contributed by atoms with Crippen LogP contribution in [0.5, 0.6) is 5.75 Å². The Labute approximate surface area is 199 Å². The Bertz CT molecular complexity index is 1430. The van der Waals surface area contributed by atoms with Gasteiger partial charge in [0.1, 0.15) is 11.3 Å². The number of nitrogens with zero attached hydrogens (tertiary/aromatic N) is 5. The molecular formula is C23H25N7O3S. The number of thiazole rings is 1. The molecule has 5 rings (SSSR count). The summed E-state index contributed by atoms with van der Waals surface area (Å²) in [4.78, 5) is 37.0. The lowest BCUT2D eigenvalue weighted by Crippen LogP contribution is -2.43. The van der Waals surface area contributed by atoms with Gasteiger partial charge in [0.15, 0.2) is 10.8 Å². The molecule has 10 nitrogen and oxygen atoms in total. The third-order valence-electron chi connectivity index (χ3n) is 5.99. The number of carbonyl (C=O) groups excluding carboxylic acids is 1. The summed E-state index contributed by atoms with van der Waals surface area (Å²) < 4.78 is 8.58. The third-order valence-corrected chi connectivity index (χ3v) is 6.81. The summed E-state index contributed by atoms with van der Waals surface area (Å²) in [6.07, 6.45) is 3.37. The summed E-state index contributed by atoms with van der Waals surface area (Å²) in [5.41, 5.74) is 3.58. The van der Waals surface area contributed by atoms with E-state index < -0.39 is 0 Å². The van der Waals surface area contributed by atoms with Crippen LogP contribution in [0.25, 0.3) is 16.9 Å². The van der Waals surface area contributed by atoms with E-state index in [0.29, 0.717) is 28.3 Å². The van der Waals surface area contributed by atoms with Crippen molar-refractivity contribution in [2.45, 2.75) is 6.92 Å². The van der Waals surface area contributed by atoms with Crippen LogP contribution in [-0.4, -0.2) is 58.3 Å². The van der Waals surface area contributed by atoms with E-state index in [9.17, 15) is 9.59 Å². The average molecular weight is 480 g/mol. The molecule has 0 unspecified atom stereocenters. The van der Waals surface area contributed by atoms with Gasteiger partial charge in [-0.25, -0.2) is 14.3 Å². The maximum Gasteiger partial charge on any atom is 0.334 e. The van der Waals surface area contributed by atoms with Crippen LogP contribution < -0.4 is 26.0 Å². The first kappa shape index (κ1) is 22.1. The minimum atomic E-state index is -0.345. The molecule has 0 bridgehead atoms. The Hall–Kier alpha value is -3.70. The molecule has 176 valence electrons. The number of benzene rings is 1. The molecule has 1 aromatic carbocycles. The van der Waals surface area contributed by atoms with Gasteiger partial charge in [-0.05, 0) is 24.6 Å². The highest BCUT2D eigenvalue weighted by atomic mass is 32.1. The van der Waals surface area contributed by atoms with Crippen LogP contribution in [-0.2, 0) is 7.05 Å². The molecule has 0 radical (unpaired) electrons. The van der Waals surface area contributed by atoms with Gasteiger partial charge < -0.3 is 20.3 Å². The molecule has 4 heterocycles. The SMILES string of the molecule is COc1c(C)ccc2c1n(C)c(=O)n2-c1csc(C(=O)Nc2cnccc2N2CCNCC2)n1. The molecule has 1 fully saturated rings. The molecule has 0 saturated carbocycles. The van der Waals surface area contributed by atoms with E-state index in [1.54, 1.807) is 31.9 Å². The molecule has 1 saturated heterocycles. The van der Waals surface area contributed by atoms with Crippen LogP contribution in [0.15, 0.2) is 40.8 Å². The first-order valence-corrected chi connectivity index (χ1v) is 11.8. The lowest BCUT2D eigenvalue weighted by atomic mass is 10.2. The second kappa shape index (κ2) is 8.92. The van der Waals surface area contributed by atoms with Gasteiger partial charge >= 0.3 is 5.69 Å². The van der Waals surface area contributed by atoms with E-state index in [4.69, 9.17) is 4.74 Å². The number of hydrogen-bond acceptors (Lipinski definition) is 8. The number of fused-ring (bicyclic) bond motifs is 1. The van der Waals surface area contributed by atoms with Gasteiger partial charge in [0.2, 0.25) is 0 Å². The summed E-state index contributed by atoms with van der Waals surface area (Å²) in [6, 6.07) is 5.67. The number of rotatable bonds is 5.